The SMILES string of the molecule is Cn1nc2c(c1C(=O)Nc1cccc3cccnc13)CN(C(=O)OC(C)(C)C)CC2. The second kappa shape index (κ2) is 7.44. The summed E-state index contributed by atoms with van der Waals surface area (Å²) in [4.78, 5) is 31.7. The number of carbonyl (C=O) groups excluding carboxylic acids is 2. The minimum Gasteiger partial charge on any atom is -0.444 e. The molecule has 1 N–H and O–H groups in total. The Kier molecular flexibility index (Phi) is 4.93. The number of hydrogen-bond acceptors (Lipinski definition) is 5. The number of aromatic nitrogens is 3. The number of carbonyl (C=O) groups is 2. The molecule has 3 heterocycles. The minimum atomic E-state index is -0.576. The summed E-state index contributed by atoms with van der Waals surface area (Å²) in [7, 11) is 1.74. The summed E-state index contributed by atoms with van der Waals surface area (Å²) in [5.41, 5.74) is 2.80. The third-order valence-corrected chi connectivity index (χ3v) is 4.94. The van der Waals surface area contributed by atoms with Crippen LogP contribution in [0.2, 0.25) is 0 Å². The van der Waals surface area contributed by atoms with Crippen molar-refractivity contribution in [2.24, 2.45) is 7.05 Å². The monoisotopic (exact) mass is 407 g/mol. The molecule has 2 amide bonds. The van der Waals surface area contributed by atoms with E-state index in [2.05, 4.69) is 15.4 Å². The number of para-hydroxylation sites is 1. The first-order valence-corrected chi connectivity index (χ1v) is 9.91. The number of pyridine rings is 1. The van der Waals surface area contributed by atoms with Gasteiger partial charge < -0.3 is 15.0 Å². The maximum atomic E-state index is 13.2. The van der Waals surface area contributed by atoms with E-state index in [1.165, 1.54) is 0 Å². The van der Waals surface area contributed by atoms with Crippen LogP contribution in [0, 0.1) is 0 Å². The Balaban J connectivity index is 1.61. The summed E-state index contributed by atoms with van der Waals surface area (Å²) >= 11 is 0. The van der Waals surface area contributed by atoms with E-state index in [0.717, 1.165) is 22.2 Å². The number of fused-ring (bicyclic) bond motifs is 2. The second-order valence-corrected chi connectivity index (χ2v) is 8.38. The lowest BCUT2D eigenvalue weighted by Crippen LogP contribution is -2.40. The zero-order chi connectivity index (χ0) is 21.5. The Bertz CT molecular complexity index is 1120. The number of nitrogens with zero attached hydrogens (tertiary/aromatic N) is 4. The summed E-state index contributed by atoms with van der Waals surface area (Å²) < 4.78 is 7.07. The van der Waals surface area contributed by atoms with Gasteiger partial charge in [-0.3, -0.25) is 14.5 Å². The molecule has 0 aliphatic carbocycles. The number of nitrogens with one attached hydrogen (secondary N) is 1. The summed E-state index contributed by atoms with van der Waals surface area (Å²) in [5, 5.41) is 8.41. The van der Waals surface area contributed by atoms with Crippen molar-refractivity contribution < 1.29 is 14.3 Å². The third kappa shape index (κ3) is 3.85. The Hall–Kier alpha value is -3.42. The molecule has 3 aromatic rings. The third-order valence-electron chi connectivity index (χ3n) is 4.94. The maximum absolute atomic E-state index is 13.2. The van der Waals surface area contributed by atoms with E-state index in [1.54, 1.807) is 22.8 Å². The molecular weight excluding hydrogens is 382 g/mol. The Morgan fingerprint density at radius 3 is 2.70 bits per heavy atom. The fourth-order valence-corrected chi connectivity index (χ4v) is 3.65. The van der Waals surface area contributed by atoms with Crippen molar-refractivity contribution in [3.8, 4) is 0 Å². The smallest absolute Gasteiger partial charge is 0.410 e. The summed E-state index contributed by atoms with van der Waals surface area (Å²) in [5.74, 6) is -0.282. The molecule has 1 aliphatic heterocycles. The Morgan fingerprint density at radius 1 is 1.17 bits per heavy atom. The van der Waals surface area contributed by atoms with Crippen LogP contribution in [-0.2, 0) is 24.8 Å². The number of aryl methyl sites for hydroxylation is 1. The highest BCUT2D eigenvalue weighted by atomic mass is 16.6. The van der Waals surface area contributed by atoms with E-state index in [4.69, 9.17) is 4.74 Å². The van der Waals surface area contributed by atoms with Crippen LogP contribution < -0.4 is 5.32 Å². The van der Waals surface area contributed by atoms with Gasteiger partial charge in [0, 0.05) is 37.2 Å². The number of amides is 2. The fraction of sp³-hybridized carbons (Fsp3) is 0.364. The van der Waals surface area contributed by atoms with Crippen LogP contribution >= 0.6 is 0 Å². The number of hydrogen-bond donors (Lipinski definition) is 1. The lowest BCUT2D eigenvalue weighted by Gasteiger charge is -2.29. The first kappa shape index (κ1) is 19.9. The van der Waals surface area contributed by atoms with Crippen LogP contribution in [0.4, 0.5) is 10.5 Å². The molecule has 30 heavy (non-hydrogen) atoms. The van der Waals surface area contributed by atoms with Gasteiger partial charge in [0.15, 0.2) is 0 Å². The molecule has 0 saturated heterocycles. The van der Waals surface area contributed by atoms with Crippen molar-refractivity contribution >= 4 is 28.6 Å². The molecular formula is C22H25N5O3. The van der Waals surface area contributed by atoms with Crippen LogP contribution in [-0.4, -0.2) is 43.8 Å². The van der Waals surface area contributed by atoms with Gasteiger partial charge in [0.1, 0.15) is 11.3 Å². The Morgan fingerprint density at radius 2 is 1.93 bits per heavy atom. The molecule has 0 unspecified atom stereocenters. The predicted molar refractivity (Wildman–Crippen MR) is 113 cm³/mol. The molecule has 0 radical (unpaired) electrons. The number of ether oxygens (including phenoxy) is 1. The number of rotatable bonds is 2. The largest absolute Gasteiger partial charge is 0.444 e. The van der Waals surface area contributed by atoms with Crippen molar-refractivity contribution in [1.82, 2.24) is 19.7 Å². The van der Waals surface area contributed by atoms with E-state index in [1.807, 2.05) is 51.1 Å². The standard InChI is InChI=1S/C22H25N5O3/c1-22(2,3)30-21(29)27-12-10-16-15(13-27)19(26(4)25-16)20(28)24-17-9-5-7-14-8-6-11-23-18(14)17/h5-9,11H,10,12-13H2,1-4H3,(H,24,28). The van der Waals surface area contributed by atoms with E-state index in [-0.39, 0.29) is 18.5 Å². The highest BCUT2D eigenvalue weighted by Crippen LogP contribution is 2.26. The molecule has 1 aliphatic rings. The maximum Gasteiger partial charge on any atom is 0.410 e. The van der Waals surface area contributed by atoms with Gasteiger partial charge in [-0.05, 0) is 32.9 Å². The van der Waals surface area contributed by atoms with Crippen molar-refractivity contribution in [1.29, 1.82) is 0 Å². The molecule has 0 saturated carbocycles. The summed E-state index contributed by atoms with van der Waals surface area (Å²) in [6.07, 6.45) is 1.88. The van der Waals surface area contributed by atoms with Gasteiger partial charge in [-0.2, -0.15) is 5.10 Å². The molecule has 0 atom stereocenters. The highest BCUT2D eigenvalue weighted by Gasteiger charge is 2.31. The van der Waals surface area contributed by atoms with Crippen LogP contribution in [0.3, 0.4) is 0 Å². The summed E-state index contributed by atoms with van der Waals surface area (Å²) in [6.45, 7) is 6.30. The molecule has 0 spiro atoms. The van der Waals surface area contributed by atoms with Crippen molar-refractivity contribution in [3.63, 3.8) is 0 Å². The van der Waals surface area contributed by atoms with Crippen LogP contribution in [0.1, 0.15) is 42.5 Å². The molecule has 1 aromatic carbocycles. The molecule has 2 aromatic heterocycles. The van der Waals surface area contributed by atoms with Gasteiger partial charge in [-0.25, -0.2) is 4.79 Å². The summed E-state index contributed by atoms with van der Waals surface area (Å²) in [6, 6.07) is 9.45. The van der Waals surface area contributed by atoms with Gasteiger partial charge in [0.25, 0.3) is 5.91 Å². The topological polar surface area (TPSA) is 89.4 Å². The first-order chi connectivity index (χ1) is 14.2. The van der Waals surface area contributed by atoms with Gasteiger partial charge in [0.2, 0.25) is 0 Å². The predicted octanol–water partition coefficient (Wildman–Crippen LogP) is 3.51. The molecule has 4 rings (SSSR count). The van der Waals surface area contributed by atoms with Crippen LogP contribution in [0.25, 0.3) is 10.9 Å². The zero-order valence-electron chi connectivity index (χ0n) is 17.6. The van der Waals surface area contributed by atoms with E-state index >= 15 is 0 Å². The van der Waals surface area contributed by atoms with Crippen LogP contribution in [0.5, 0.6) is 0 Å². The average molecular weight is 407 g/mol. The lowest BCUT2D eigenvalue weighted by molar-refractivity contribution is 0.0222. The quantitative estimate of drug-likeness (QED) is 0.702. The highest BCUT2D eigenvalue weighted by molar-refractivity contribution is 6.08. The minimum absolute atomic E-state index is 0.282. The second-order valence-electron chi connectivity index (χ2n) is 8.38. The lowest BCUT2D eigenvalue weighted by atomic mass is 10.0. The van der Waals surface area contributed by atoms with Gasteiger partial charge in [-0.1, -0.05) is 18.2 Å². The van der Waals surface area contributed by atoms with Gasteiger partial charge in [-0.15, -0.1) is 0 Å². The van der Waals surface area contributed by atoms with Crippen molar-refractivity contribution in [2.45, 2.75) is 39.3 Å². The molecule has 0 fully saturated rings. The fourth-order valence-electron chi connectivity index (χ4n) is 3.65. The van der Waals surface area contributed by atoms with Gasteiger partial charge >= 0.3 is 6.09 Å². The molecule has 156 valence electrons. The van der Waals surface area contributed by atoms with E-state index in [9.17, 15) is 9.59 Å². The average Bonchev–Trinajstić information content (AvgIpc) is 3.02. The van der Waals surface area contributed by atoms with E-state index < -0.39 is 5.60 Å². The Labute approximate surface area is 174 Å². The number of anilines is 1. The zero-order valence-corrected chi connectivity index (χ0v) is 17.6. The molecule has 8 heteroatoms. The molecule has 8 nitrogen and oxygen atoms in total. The van der Waals surface area contributed by atoms with Gasteiger partial charge in [0.05, 0.1) is 23.4 Å². The normalized spacial score (nSPS) is 13.8. The molecule has 0 bridgehead atoms. The van der Waals surface area contributed by atoms with Crippen LogP contribution in [0.15, 0.2) is 36.5 Å². The first-order valence-electron chi connectivity index (χ1n) is 9.91. The van der Waals surface area contributed by atoms with Crippen molar-refractivity contribution in [2.75, 3.05) is 11.9 Å². The number of benzene rings is 1. The van der Waals surface area contributed by atoms with Crippen molar-refractivity contribution in [3.05, 3.63) is 53.5 Å². The van der Waals surface area contributed by atoms with E-state index in [0.29, 0.717) is 24.3 Å².